The number of nitrogens with zero attached hydrogens (tertiary/aromatic N) is 4. The van der Waals surface area contributed by atoms with Crippen molar-refractivity contribution in [3.63, 3.8) is 0 Å². The lowest BCUT2D eigenvalue weighted by Crippen LogP contribution is -2.18. The molecular weight excluding hydrogens is 187 g/mol. The first kappa shape index (κ1) is 10.7. The van der Waals surface area contributed by atoms with E-state index in [2.05, 4.69) is 15.5 Å². The highest BCUT2D eigenvalue weighted by Crippen LogP contribution is 2.14. The number of alkyl halides is 1. The third-order valence-corrected chi connectivity index (χ3v) is 1.76. The van der Waals surface area contributed by atoms with Crippen LogP contribution in [-0.2, 0) is 6.54 Å². The number of aromatic nitrogens is 4. The van der Waals surface area contributed by atoms with Gasteiger partial charge in [-0.1, -0.05) is 0 Å². The van der Waals surface area contributed by atoms with Gasteiger partial charge in [-0.3, -0.25) is 4.79 Å². The van der Waals surface area contributed by atoms with Crippen LogP contribution in [0.15, 0.2) is 0 Å². The molecule has 0 saturated heterocycles. The summed E-state index contributed by atoms with van der Waals surface area (Å²) < 4.78 is 14.5. The third kappa shape index (κ3) is 2.86. The number of Topliss-reactive ketones (excluding diaryl/α,β-unsaturated/α-hetero) is 1. The summed E-state index contributed by atoms with van der Waals surface area (Å²) >= 11 is 0. The predicted octanol–water partition coefficient (Wildman–Crippen LogP) is 1.01. The number of carbonyl (C=O) groups is 1. The van der Waals surface area contributed by atoms with E-state index in [4.69, 9.17) is 0 Å². The highest BCUT2D eigenvalue weighted by molar-refractivity contribution is 5.90. The Kier molecular flexibility index (Phi) is 2.93. The molecule has 0 aliphatic rings. The maximum absolute atomic E-state index is 13.1. The van der Waals surface area contributed by atoms with Gasteiger partial charge in [0.2, 0.25) is 5.82 Å². The molecule has 0 atom stereocenters. The summed E-state index contributed by atoms with van der Waals surface area (Å²) in [5, 5.41) is 10.5. The molecule has 1 heterocycles. The molecule has 0 saturated carbocycles. The minimum atomic E-state index is -1.28. The third-order valence-electron chi connectivity index (χ3n) is 1.76. The quantitative estimate of drug-likeness (QED) is 0.680. The van der Waals surface area contributed by atoms with Crippen molar-refractivity contribution in [3.8, 4) is 0 Å². The summed E-state index contributed by atoms with van der Waals surface area (Å²) in [6.45, 7) is 4.64. The van der Waals surface area contributed by atoms with Crippen molar-refractivity contribution in [2.45, 2.75) is 39.4 Å². The van der Waals surface area contributed by atoms with Gasteiger partial charge in [0.1, 0.15) is 5.67 Å². The van der Waals surface area contributed by atoms with Gasteiger partial charge in [-0.2, -0.15) is 0 Å². The van der Waals surface area contributed by atoms with Crippen LogP contribution in [0, 0.1) is 0 Å². The van der Waals surface area contributed by atoms with Gasteiger partial charge in [0.15, 0.2) is 5.78 Å². The highest BCUT2D eigenvalue weighted by Gasteiger charge is 2.18. The molecule has 0 aromatic carbocycles. The van der Waals surface area contributed by atoms with E-state index in [-0.39, 0.29) is 18.0 Å². The van der Waals surface area contributed by atoms with E-state index in [9.17, 15) is 9.18 Å². The van der Waals surface area contributed by atoms with Crippen LogP contribution in [0.1, 0.15) is 37.8 Å². The molecule has 0 aliphatic heterocycles. The van der Waals surface area contributed by atoms with Crippen LogP contribution in [-0.4, -0.2) is 31.7 Å². The average Bonchev–Trinajstić information content (AvgIpc) is 2.46. The van der Waals surface area contributed by atoms with E-state index >= 15 is 0 Å². The van der Waals surface area contributed by atoms with Crippen molar-refractivity contribution >= 4 is 5.78 Å². The molecule has 1 rings (SSSR count). The minimum absolute atomic E-state index is 0.175. The molecule has 0 aliphatic carbocycles. The van der Waals surface area contributed by atoms with E-state index in [0.717, 1.165) is 0 Å². The Morgan fingerprint density at radius 3 is 2.71 bits per heavy atom. The fourth-order valence-corrected chi connectivity index (χ4v) is 0.979. The second kappa shape index (κ2) is 3.81. The average molecular weight is 200 g/mol. The monoisotopic (exact) mass is 200 g/mol. The fraction of sp³-hybridized carbons (Fsp3) is 0.750. The zero-order chi connectivity index (χ0) is 10.8. The number of rotatable bonds is 4. The molecule has 1 aromatic rings. The predicted molar refractivity (Wildman–Crippen MR) is 47.6 cm³/mol. The summed E-state index contributed by atoms with van der Waals surface area (Å²) in [7, 11) is 0. The van der Waals surface area contributed by atoms with Crippen LogP contribution >= 0.6 is 0 Å². The number of aryl methyl sites for hydroxylation is 1. The molecule has 0 bridgehead atoms. The molecule has 0 unspecified atom stereocenters. The van der Waals surface area contributed by atoms with Gasteiger partial charge in [-0.05, 0) is 24.3 Å². The van der Waals surface area contributed by atoms with Crippen molar-refractivity contribution in [3.05, 3.63) is 5.82 Å². The van der Waals surface area contributed by atoms with Gasteiger partial charge in [0, 0.05) is 19.9 Å². The fourth-order valence-electron chi connectivity index (χ4n) is 0.979. The van der Waals surface area contributed by atoms with Gasteiger partial charge in [-0.25, -0.2) is 9.07 Å². The van der Waals surface area contributed by atoms with Crippen molar-refractivity contribution in [1.29, 1.82) is 0 Å². The minimum Gasteiger partial charge on any atom is -0.291 e. The molecule has 0 fully saturated rings. The molecule has 0 spiro atoms. The Morgan fingerprint density at radius 2 is 2.21 bits per heavy atom. The van der Waals surface area contributed by atoms with Crippen LogP contribution in [0.4, 0.5) is 4.39 Å². The van der Waals surface area contributed by atoms with Gasteiger partial charge in [-0.15, -0.1) is 5.10 Å². The van der Waals surface area contributed by atoms with Crippen LogP contribution in [0.25, 0.3) is 0 Å². The molecule has 1 aromatic heterocycles. The van der Waals surface area contributed by atoms with E-state index in [1.165, 1.54) is 25.5 Å². The zero-order valence-electron chi connectivity index (χ0n) is 8.49. The molecule has 0 amide bonds. The van der Waals surface area contributed by atoms with Gasteiger partial charge in [0.25, 0.3) is 0 Å². The Labute approximate surface area is 81.3 Å². The molecule has 5 nitrogen and oxygen atoms in total. The number of tetrazole rings is 1. The first-order chi connectivity index (χ1) is 6.40. The first-order valence-corrected chi connectivity index (χ1v) is 4.36. The second-order valence-electron chi connectivity index (χ2n) is 3.75. The number of hydrogen-bond donors (Lipinski definition) is 0. The normalized spacial score (nSPS) is 11.7. The zero-order valence-corrected chi connectivity index (χ0v) is 8.49. The summed E-state index contributed by atoms with van der Waals surface area (Å²) in [5.41, 5.74) is -1.28. The molecule has 14 heavy (non-hydrogen) atoms. The van der Waals surface area contributed by atoms with Gasteiger partial charge in [0.05, 0.1) is 0 Å². The first-order valence-electron chi connectivity index (χ1n) is 4.36. The van der Waals surface area contributed by atoms with Gasteiger partial charge < -0.3 is 0 Å². The Hall–Kier alpha value is -1.33. The van der Waals surface area contributed by atoms with Crippen molar-refractivity contribution in [2.24, 2.45) is 0 Å². The Morgan fingerprint density at radius 1 is 1.57 bits per heavy atom. The largest absolute Gasteiger partial charge is 0.291 e. The standard InChI is InChI=1S/C8H13FN4O/c1-6(14)7-10-11-12-13(7)5-4-8(2,3)9/h4-5H2,1-3H3. The summed E-state index contributed by atoms with van der Waals surface area (Å²) in [5.74, 6) is -0.0408. The topological polar surface area (TPSA) is 60.7 Å². The molecule has 0 radical (unpaired) electrons. The second-order valence-corrected chi connectivity index (χ2v) is 3.75. The summed E-state index contributed by atoms with van der Waals surface area (Å²) in [6, 6.07) is 0. The van der Waals surface area contributed by atoms with E-state index in [1.807, 2.05) is 0 Å². The van der Waals surface area contributed by atoms with Crippen molar-refractivity contribution in [1.82, 2.24) is 20.2 Å². The lowest BCUT2D eigenvalue weighted by Gasteiger charge is -2.13. The summed E-state index contributed by atoms with van der Waals surface area (Å²) in [4.78, 5) is 11.0. The molecule has 6 heteroatoms. The van der Waals surface area contributed by atoms with Crippen LogP contribution < -0.4 is 0 Å². The Bertz CT molecular complexity index is 328. The lowest BCUT2D eigenvalue weighted by molar-refractivity contribution is 0.0994. The number of halogens is 1. The molecular formula is C8H13FN4O. The van der Waals surface area contributed by atoms with Crippen LogP contribution in [0.5, 0.6) is 0 Å². The maximum Gasteiger partial charge on any atom is 0.217 e. The maximum atomic E-state index is 13.1. The van der Waals surface area contributed by atoms with E-state index in [0.29, 0.717) is 6.54 Å². The van der Waals surface area contributed by atoms with Crippen molar-refractivity contribution in [2.75, 3.05) is 0 Å². The SMILES string of the molecule is CC(=O)c1nnnn1CCC(C)(C)F. The van der Waals surface area contributed by atoms with Crippen molar-refractivity contribution < 1.29 is 9.18 Å². The van der Waals surface area contributed by atoms with E-state index in [1.54, 1.807) is 0 Å². The van der Waals surface area contributed by atoms with Gasteiger partial charge >= 0.3 is 0 Å². The smallest absolute Gasteiger partial charge is 0.217 e. The van der Waals surface area contributed by atoms with E-state index < -0.39 is 5.67 Å². The molecule has 0 N–H and O–H groups in total. The van der Waals surface area contributed by atoms with Crippen LogP contribution in [0.2, 0.25) is 0 Å². The molecule has 78 valence electrons. The lowest BCUT2D eigenvalue weighted by atomic mass is 10.1. The number of hydrogen-bond acceptors (Lipinski definition) is 4. The highest BCUT2D eigenvalue weighted by atomic mass is 19.1. The number of carbonyl (C=O) groups excluding carboxylic acids is 1. The van der Waals surface area contributed by atoms with Crippen LogP contribution in [0.3, 0.4) is 0 Å². The summed E-state index contributed by atoms with van der Waals surface area (Å²) in [6.07, 6.45) is 0.276. The number of ketones is 1. The Balaban J connectivity index is 2.68.